The smallest absolute Gasteiger partial charge is 0.338 e. The molecule has 0 unspecified atom stereocenters. The quantitative estimate of drug-likeness (QED) is 0.394. The minimum Gasteiger partial charge on any atom is -0.458 e. The first-order chi connectivity index (χ1) is 7.11. The Morgan fingerprint density at radius 3 is 2.60 bits per heavy atom. The van der Waals surface area contributed by atoms with Gasteiger partial charge in [0.2, 0.25) is 0 Å². The molecule has 0 aliphatic heterocycles. The van der Waals surface area contributed by atoms with E-state index in [2.05, 4.69) is 16.1 Å². The average molecular weight is 210 g/mol. The lowest BCUT2D eigenvalue weighted by molar-refractivity contribution is -0.137. The van der Waals surface area contributed by atoms with Crippen LogP contribution in [0.25, 0.3) is 0 Å². The van der Waals surface area contributed by atoms with Gasteiger partial charge in [-0.1, -0.05) is 12.7 Å². The number of hydrogen-bond donors (Lipinski definition) is 0. The summed E-state index contributed by atoms with van der Waals surface area (Å²) in [7, 11) is 0. The summed E-state index contributed by atoms with van der Waals surface area (Å²) in [5.74, 6) is -0.997. The molecule has 0 aromatic rings. The van der Waals surface area contributed by atoms with E-state index in [4.69, 9.17) is 0 Å². The Balaban J connectivity index is 4.02. The lowest BCUT2D eigenvalue weighted by Crippen LogP contribution is -2.04. The zero-order valence-electron chi connectivity index (χ0n) is 8.86. The largest absolute Gasteiger partial charge is 0.458 e. The van der Waals surface area contributed by atoms with E-state index in [1.807, 2.05) is 0 Å². The molecular formula is C11H14O4. The molecule has 0 aliphatic carbocycles. The molecule has 0 amide bonds. The normalized spacial score (nSPS) is 11.2. The third-order valence-corrected chi connectivity index (χ3v) is 1.41. The third-order valence-electron chi connectivity index (χ3n) is 1.41. The number of esters is 2. The van der Waals surface area contributed by atoms with Crippen molar-refractivity contribution in [2.45, 2.75) is 13.8 Å². The van der Waals surface area contributed by atoms with E-state index >= 15 is 0 Å². The predicted octanol–water partition coefficient (Wildman–Crippen LogP) is 1.74. The van der Waals surface area contributed by atoms with Crippen LogP contribution in [0.15, 0.2) is 36.6 Å². The Morgan fingerprint density at radius 2 is 2.07 bits per heavy atom. The van der Waals surface area contributed by atoms with Crippen LogP contribution in [0.2, 0.25) is 0 Å². The fourth-order valence-corrected chi connectivity index (χ4v) is 0.614. The van der Waals surface area contributed by atoms with Gasteiger partial charge in [0.25, 0.3) is 0 Å². The van der Waals surface area contributed by atoms with Crippen molar-refractivity contribution in [1.82, 2.24) is 0 Å². The van der Waals surface area contributed by atoms with E-state index in [1.165, 1.54) is 12.3 Å². The molecule has 82 valence electrons. The summed E-state index contributed by atoms with van der Waals surface area (Å²) in [6.45, 7) is 6.58. The SMILES string of the molecule is C=CC(=O)OCC=C(C)C(=O)OC=CC. The van der Waals surface area contributed by atoms with Crippen molar-refractivity contribution in [1.29, 1.82) is 0 Å². The summed E-state index contributed by atoms with van der Waals surface area (Å²) in [5.41, 5.74) is 0.380. The Hall–Kier alpha value is -1.84. The maximum absolute atomic E-state index is 11.1. The number of allylic oxidation sites excluding steroid dienone is 1. The highest BCUT2D eigenvalue weighted by atomic mass is 16.5. The van der Waals surface area contributed by atoms with Crippen molar-refractivity contribution < 1.29 is 19.1 Å². The zero-order chi connectivity index (χ0) is 11.7. The van der Waals surface area contributed by atoms with E-state index in [9.17, 15) is 9.59 Å². The van der Waals surface area contributed by atoms with E-state index in [0.717, 1.165) is 6.08 Å². The number of ether oxygens (including phenoxy) is 2. The lowest BCUT2D eigenvalue weighted by atomic mass is 10.3. The molecule has 0 aliphatic rings. The Kier molecular flexibility index (Phi) is 6.63. The molecule has 4 heteroatoms. The minimum absolute atomic E-state index is 0.0294. The van der Waals surface area contributed by atoms with Gasteiger partial charge < -0.3 is 9.47 Å². The van der Waals surface area contributed by atoms with Crippen molar-refractivity contribution in [3.8, 4) is 0 Å². The molecule has 0 saturated heterocycles. The minimum atomic E-state index is -0.527. The van der Waals surface area contributed by atoms with Gasteiger partial charge in [0.1, 0.15) is 6.61 Å². The molecule has 0 bridgehead atoms. The van der Waals surface area contributed by atoms with Gasteiger partial charge in [-0.05, 0) is 19.9 Å². The summed E-state index contributed by atoms with van der Waals surface area (Å²) in [6, 6.07) is 0. The number of carbonyl (C=O) groups excluding carboxylic acids is 2. The summed E-state index contributed by atoms with van der Waals surface area (Å²) < 4.78 is 9.35. The van der Waals surface area contributed by atoms with Crippen LogP contribution < -0.4 is 0 Å². The molecule has 0 radical (unpaired) electrons. The molecule has 4 nitrogen and oxygen atoms in total. The van der Waals surface area contributed by atoms with Crippen LogP contribution in [0.4, 0.5) is 0 Å². The highest BCUT2D eigenvalue weighted by molar-refractivity contribution is 5.88. The van der Waals surface area contributed by atoms with Gasteiger partial charge in [-0.25, -0.2) is 9.59 Å². The van der Waals surface area contributed by atoms with Crippen LogP contribution in [-0.4, -0.2) is 18.5 Å². The van der Waals surface area contributed by atoms with Gasteiger partial charge >= 0.3 is 11.9 Å². The summed E-state index contributed by atoms with van der Waals surface area (Å²) in [4.78, 5) is 21.8. The number of hydrogen-bond acceptors (Lipinski definition) is 4. The number of carbonyl (C=O) groups is 2. The summed E-state index contributed by atoms with van der Waals surface area (Å²) in [6.07, 6.45) is 5.41. The zero-order valence-corrected chi connectivity index (χ0v) is 8.86. The highest BCUT2D eigenvalue weighted by Crippen LogP contribution is 1.97. The second-order valence-corrected chi connectivity index (χ2v) is 2.60. The van der Waals surface area contributed by atoms with Crippen LogP contribution in [-0.2, 0) is 19.1 Å². The van der Waals surface area contributed by atoms with Gasteiger partial charge in [0.05, 0.1) is 6.26 Å². The maximum Gasteiger partial charge on any atom is 0.338 e. The molecule has 0 aromatic carbocycles. The molecule has 0 rings (SSSR count). The van der Waals surface area contributed by atoms with E-state index in [1.54, 1.807) is 19.9 Å². The fourth-order valence-electron chi connectivity index (χ4n) is 0.614. The molecule has 0 N–H and O–H groups in total. The van der Waals surface area contributed by atoms with Crippen LogP contribution in [0.5, 0.6) is 0 Å². The maximum atomic E-state index is 11.1. The molecule has 0 spiro atoms. The first kappa shape index (κ1) is 13.2. The highest BCUT2D eigenvalue weighted by Gasteiger charge is 2.03. The monoisotopic (exact) mass is 210 g/mol. The molecular weight excluding hydrogens is 196 g/mol. The van der Waals surface area contributed by atoms with Crippen molar-refractivity contribution in [3.05, 3.63) is 36.6 Å². The second kappa shape index (κ2) is 7.55. The molecule has 0 atom stereocenters. The van der Waals surface area contributed by atoms with Crippen LogP contribution in [0.3, 0.4) is 0 Å². The van der Waals surface area contributed by atoms with E-state index < -0.39 is 11.9 Å². The fraction of sp³-hybridized carbons (Fsp3) is 0.273. The van der Waals surface area contributed by atoms with Gasteiger partial charge in [-0.2, -0.15) is 0 Å². The second-order valence-electron chi connectivity index (χ2n) is 2.60. The van der Waals surface area contributed by atoms with Crippen molar-refractivity contribution >= 4 is 11.9 Å². The van der Waals surface area contributed by atoms with Crippen molar-refractivity contribution in [2.75, 3.05) is 6.61 Å². The Bertz CT molecular complexity index is 300. The Morgan fingerprint density at radius 1 is 1.40 bits per heavy atom. The van der Waals surface area contributed by atoms with Crippen LogP contribution in [0, 0.1) is 0 Å². The van der Waals surface area contributed by atoms with Gasteiger partial charge in [0.15, 0.2) is 0 Å². The van der Waals surface area contributed by atoms with Gasteiger partial charge in [0, 0.05) is 11.6 Å². The summed E-state index contributed by atoms with van der Waals surface area (Å²) >= 11 is 0. The average Bonchev–Trinajstić information content (AvgIpc) is 2.25. The molecule has 0 aromatic heterocycles. The lowest BCUT2D eigenvalue weighted by Gasteiger charge is -2.00. The first-order valence-electron chi connectivity index (χ1n) is 4.40. The molecule has 15 heavy (non-hydrogen) atoms. The first-order valence-corrected chi connectivity index (χ1v) is 4.40. The Labute approximate surface area is 88.9 Å². The number of rotatable bonds is 5. The van der Waals surface area contributed by atoms with Crippen LogP contribution >= 0.6 is 0 Å². The predicted molar refractivity (Wildman–Crippen MR) is 55.8 cm³/mol. The van der Waals surface area contributed by atoms with Gasteiger partial charge in [-0.15, -0.1) is 0 Å². The van der Waals surface area contributed by atoms with E-state index in [-0.39, 0.29) is 6.61 Å². The molecule has 0 saturated carbocycles. The topological polar surface area (TPSA) is 52.6 Å². The molecule has 0 heterocycles. The van der Waals surface area contributed by atoms with Crippen molar-refractivity contribution in [3.63, 3.8) is 0 Å². The standard InChI is InChI=1S/C11H14O4/c1-4-7-15-11(13)9(3)6-8-14-10(12)5-2/h4-7H,2,8H2,1,3H3. The van der Waals surface area contributed by atoms with Crippen molar-refractivity contribution in [2.24, 2.45) is 0 Å². The third kappa shape index (κ3) is 6.26. The van der Waals surface area contributed by atoms with E-state index in [0.29, 0.717) is 5.57 Å². The molecule has 0 fully saturated rings. The summed E-state index contributed by atoms with van der Waals surface area (Å²) in [5, 5.41) is 0. The van der Waals surface area contributed by atoms with Gasteiger partial charge in [-0.3, -0.25) is 0 Å². The van der Waals surface area contributed by atoms with Crippen LogP contribution in [0.1, 0.15) is 13.8 Å².